The highest BCUT2D eigenvalue weighted by molar-refractivity contribution is 5.33. The van der Waals surface area contributed by atoms with E-state index in [1.54, 1.807) is 0 Å². The summed E-state index contributed by atoms with van der Waals surface area (Å²) in [4.78, 5) is 0. The molecule has 2 heterocycles. The minimum atomic E-state index is 0.253. The van der Waals surface area contributed by atoms with Crippen molar-refractivity contribution in [3.05, 3.63) is 83.9 Å². The average Bonchev–Trinajstić information content (AvgIpc) is 3.76. The number of hydrogen-bond acceptors (Lipinski definition) is 6. The van der Waals surface area contributed by atoms with Gasteiger partial charge in [-0.3, -0.25) is 0 Å². The Kier molecular flexibility index (Phi) is 6.42. The topological polar surface area (TPSA) is 62.0 Å². The van der Waals surface area contributed by atoms with Crippen LogP contribution in [0.5, 0.6) is 23.0 Å². The fourth-order valence-electron chi connectivity index (χ4n) is 3.11. The van der Waals surface area contributed by atoms with Gasteiger partial charge in [0.05, 0.1) is 13.2 Å². The van der Waals surface area contributed by atoms with Gasteiger partial charge in [-0.1, -0.05) is 18.2 Å². The molecule has 3 aromatic rings. The van der Waals surface area contributed by atoms with Crippen LogP contribution < -0.4 is 18.9 Å². The highest BCUT2D eigenvalue weighted by atomic mass is 16.6. The molecule has 3 aromatic carbocycles. The lowest BCUT2D eigenvalue weighted by Gasteiger charge is -2.11. The van der Waals surface area contributed by atoms with Crippen molar-refractivity contribution in [2.75, 3.05) is 26.4 Å². The first-order valence-corrected chi connectivity index (χ1v) is 10.8. The second-order valence-corrected chi connectivity index (χ2v) is 7.87. The van der Waals surface area contributed by atoms with Crippen LogP contribution in [0.25, 0.3) is 0 Å². The van der Waals surface area contributed by atoms with Crippen molar-refractivity contribution < 1.29 is 28.4 Å². The highest BCUT2D eigenvalue weighted by Crippen LogP contribution is 2.22. The molecule has 6 nitrogen and oxygen atoms in total. The molecule has 166 valence electrons. The van der Waals surface area contributed by atoms with Crippen LogP contribution in [0.4, 0.5) is 0 Å². The standard InChI is InChI=1S/C26H26O6/c1-2-19(13-27-21-4-8-23(9-5-21)29-15-25-17-31-25)12-20(3-1)14-28-22-6-10-24(11-7-22)30-16-26-18-32-26/h1-12,25-26H,13-18H2. The van der Waals surface area contributed by atoms with Gasteiger partial charge in [0.2, 0.25) is 0 Å². The van der Waals surface area contributed by atoms with Crippen molar-refractivity contribution in [2.24, 2.45) is 0 Å². The molecule has 0 aliphatic carbocycles. The van der Waals surface area contributed by atoms with Crippen LogP contribution in [-0.2, 0) is 22.7 Å². The molecule has 2 aliphatic heterocycles. The molecule has 0 saturated carbocycles. The molecular weight excluding hydrogens is 408 g/mol. The second kappa shape index (κ2) is 9.94. The van der Waals surface area contributed by atoms with Crippen molar-refractivity contribution in [2.45, 2.75) is 25.4 Å². The summed E-state index contributed by atoms with van der Waals surface area (Å²) in [5, 5.41) is 0. The van der Waals surface area contributed by atoms with Gasteiger partial charge in [0.15, 0.2) is 0 Å². The summed E-state index contributed by atoms with van der Waals surface area (Å²) in [6, 6.07) is 23.5. The third kappa shape index (κ3) is 6.39. The first-order chi connectivity index (χ1) is 15.8. The monoisotopic (exact) mass is 434 g/mol. The summed E-state index contributed by atoms with van der Waals surface area (Å²) in [7, 11) is 0. The quantitative estimate of drug-likeness (QED) is 0.394. The minimum Gasteiger partial charge on any atom is -0.491 e. The number of rotatable bonds is 12. The van der Waals surface area contributed by atoms with Gasteiger partial charge in [-0.15, -0.1) is 0 Å². The zero-order valence-electron chi connectivity index (χ0n) is 17.8. The third-order valence-electron chi connectivity index (χ3n) is 5.13. The lowest BCUT2D eigenvalue weighted by atomic mass is 10.1. The third-order valence-corrected chi connectivity index (χ3v) is 5.13. The number of hydrogen-bond donors (Lipinski definition) is 0. The fraction of sp³-hybridized carbons (Fsp3) is 0.308. The van der Waals surface area contributed by atoms with Gasteiger partial charge < -0.3 is 28.4 Å². The van der Waals surface area contributed by atoms with E-state index in [0.29, 0.717) is 26.4 Å². The second-order valence-electron chi connectivity index (χ2n) is 7.87. The molecule has 2 aliphatic rings. The van der Waals surface area contributed by atoms with E-state index in [-0.39, 0.29) is 12.2 Å². The van der Waals surface area contributed by atoms with Crippen LogP contribution in [0.15, 0.2) is 72.8 Å². The number of benzene rings is 3. The molecule has 2 fully saturated rings. The lowest BCUT2D eigenvalue weighted by Crippen LogP contribution is -2.04. The molecule has 0 spiro atoms. The molecule has 0 radical (unpaired) electrons. The summed E-state index contributed by atoms with van der Waals surface area (Å²) < 4.78 is 33.4. The Labute approximate surface area is 187 Å². The number of ether oxygens (including phenoxy) is 6. The van der Waals surface area contributed by atoms with Crippen molar-refractivity contribution in [1.29, 1.82) is 0 Å². The number of epoxide rings is 2. The first kappa shape index (κ1) is 20.7. The normalized spacial score (nSPS) is 18.6. The average molecular weight is 434 g/mol. The Morgan fingerprint density at radius 1 is 0.562 bits per heavy atom. The molecule has 0 N–H and O–H groups in total. The molecule has 2 saturated heterocycles. The van der Waals surface area contributed by atoms with E-state index >= 15 is 0 Å². The zero-order chi connectivity index (χ0) is 21.6. The van der Waals surface area contributed by atoms with E-state index in [1.165, 1.54) is 0 Å². The zero-order valence-corrected chi connectivity index (χ0v) is 17.8. The van der Waals surface area contributed by atoms with Crippen LogP contribution in [0, 0.1) is 0 Å². The molecule has 0 bridgehead atoms. The van der Waals surface area contributed by atoms with Gasteiger partial charge in [-0.25, -0.2) is 0 Å². The molecule has 0 amide bonds. The predicted octanol–water partition coefficient (Wildman–Crippen LogP) is 4.40. The smallest absolute Gasteiger partial charge is 0.120 e. The maximum atomic E-state index is 5.92. The Morgan fingerprint density at radius 3 is 1.31 bits per heavy atom. The summed E-state index contributed by atoms with van der Waals surface area (Å²) in [5.74, 6) is 3.25. The first-order valence-electron chi connectivity index (χ1n) is 10.8. The minimum absolute atomic E-state index is 0.253. The predicted molar refractivity (Wildman–Crippen MR) is 118 cm³/mol. The highest BCUT2D eigenvalue weighted by Gasteiger charge is 2.23. The SMILES string of the molecule is c1cc(COc2ccc(OCC3CO3)cc2)cc(COc2ccc(OCC3CO3)cc2)c1. The molecule has 32 heavy (non-hydrogen) atoms. The van der Waals surface area contributed by atoms with Crippen molar-refractivity contribution in [1.82, 2.24) is 0 Å². The van der Waals surface area contributed by atoms with Gasteiger partial charge in [-0.05, 0) is 65.7 Å². The van der Waals surface area contributed by atoms with E-state index in [2.05, 4.69) is 6.07 Å². The van der Waals surface area contributed by atoms with Gasteiger partial charge in [-0.2, -0.15) is 0 Å². The summed E-state index contributed by atoms with van der Waals surface area (Å²) in [6.45, 7) is 3.76. The Balaban J connectivity index is 1.07. The van der Waals surface area contributed by atoms with Gasteiger partial charge in [0, 0.05) is 0 Å². The molecule has 6 heteroatoms. The van der Waals surface area contributed by atoms with Gasteiger partial charge in [0.1, 0.15) is 61.6 Å². The van der Waals surface area contributed by atoms with Crippen LogP contribution in [-0.4, -0.2) is 38.6 Å². The lowest BCUT2D eigenvalue weighted by molar-refractivity contribution is 0.262. The Hall–Kier alpha value is -3.22. The Bertz CT molecular complexity index is 915. The van der Waals surface area contributed by atoms with E-state index in [9.17, 15) is 0 Å². The summed E-state index contributed by atoms with van der Waals surface area (Å²) in [5.41, 5.74) is 2.17. The van der Waals surface area contributed by atoms with E-state index in [4.69, 9.17) is 28.4 Å². The molecule has 2 unspecified atom stereocenters. The van der Waals surface area contributed by atoms with Gasteiger partial charge >= 0.3 is 0 Å². The van der Waals surface area contributed by atoms with Crippen molar-refractivity contribution in [3.63, 3.8) is 0 Å². The van der Waals surface area contributed by atoms with Crippen molar-refractivity contribution >= 4 is 0 Å². The Morgan fingerprint density at radius 2 is 0.938 bits per heavy atom. The van der Waals surface area contributed by atoms with Crippen LogP contribution >= 0.6 is 0 Å². The van der Waals surface area contributed by atoms with Crippen LogP contribution in [0.1, 0.15) is 11.1 Å². The van der Waals surface area contributed by atoms with E-state index in [0.717, 1.165) is 47.3 Å². The van der Waals surface area contributed by atoms with Gasteiger partial charge in [0.25, 0.3) is 0 Å². The molecule has 0 aromatic heterocycles. The van der Waals surface area contributed by atoms with Crippen LogP contribution in [0.2, 0.25) is 0 Å². The van der Waals surface area contributed by atoms with Crippen molar-refractivity contribution in [3.8, 4) is 23.0 Å². The fourth-order valence-corrected chi connectivity index (χ4v) is 3.11. The van der Waals surface area contributed by atoms with Crippen LogP contribution in [0.3, 0.4) is 0 Å². The molecule has 5 rings (SSSR count). The van der Waals surface area contributed by atoms with E-state index < -0.39 is 0 Å². The van der Waals surface area contributed by atoms with E-state index in [1.807, 2.05) is 66.7 Å². The maximum absolute atomic E-state index is 5.92. The molecular formula is C26H26O6. The summed E-state index contributed by atoms with van der Waals surface area (Å²) in [6.07, 6.45) is 0.506. The molecule has 2 atom stereocenters. The summed E-state index contributed by atoms with van der Waals surface area (Å²) >= 11 is 0. The largest absolute Gasteiger partial charge is 0.491 e. The maximum Gasteiger partial charge on any atom is 0.120 e.